The van der Waals surface area contributed by atoms with Gasteiger partial charge in [0.05, 0.1) is 11.0 Å². The molecule has 0 saturated carbocycles. The van der Waals surface area contributed by atoms with Crippen LogP contribution in [0.2, 0.25) is 0 Å². The summed E-state index contributed by atoms with van der Waals surface area (Å²) in [6.07, 6.45) is 3.63. The molecule has 0 saturated heterocycles. The molecule has 0 bridgehead atoms. The summed E-state index contributed by atoms with van der Waals surface area (Å²) in [5, 5.41) is 6.47. The molecule has 2 heterocycles. The summed E-state index contributed by atoms with van der Waals surface area (Å²) >= 11 is 3.51. The van der Waals surface area contributed by atoms with Crippen molar-refractivity contribution in [1.82, 2.24) is 15.1 Å². The normalized spacial score (nSPS) is 13.8. The molecule has 0 fully saturated rings. The van der Waals surface area contributed by atoms with Crippen molar-refractivity contribution in [2.45, 2.75) is 26.2 Å². The van der Waals surface area contributed by atoms with Crippen molar-refractivity contribution in [2.24, 2.45) is 5.92 Å². The molecule has 2 aromatic heterocycles. The molecule has 2 aromatic carbocycles. The van der Waals surface area contributed by atoms with Gasteiger partial charge in [0.25, 0.3) is 5.89 Å². The van der Waals surface area contributed by atoms with Gasteiger partial charge in [-0.15, -0.1) is 0 Å². The molecule has 27 heavy (non-hydrogen) atoms. The first kappa shape index (κ1) is 17.9. The van der Waals surface area contributed by atoms with E-state index < -0.39 is 0 Å². The maximum atomic E-state index is 5.69. The van der Waals surface area contributed by atoms with Crippen LogP contribution in [0, 0.1) is 5.92 Å². The van der Waals surface area contributed by atoms with Crippen LogP contribution in [0.1, 0.15) is 32.2 Å². The van der Waals surface area contributed by atoms with E-state index in [1.165, 1.54) is 0 Å². The zero-order valence-electron chi connectivity index (χ0n) is 15.5. The Kier molecular flexibility index (Phi) is 4.56. The first-order valence-electron chi connectivity index (χ1n) is 8.93. The monoisotopic (exact) mass is 421 g/mol. The summed E-state index contributed by atoms with van der Waals surface area (Å²) in [7, 11) is 0. The van der Waals surface area contributed by atoms with Gasteiger partial charge in [0.15, 0.2) is 5.82 Å². The van der Waals surface area contributed by atoms with Gasteiger partial charge in [-0.1, -0.05) is 71.3 Å². The van der Waals surface area contributed by atoms with Gasteiger partial charge in [0, 0.05) is 22.3 Å². The first-order chi connectivity index (χ1) is 13.0. The lowest BCUT2D eigenvalue weighted by Gasteiger charge is -2.31. The van der Waals surface area contributed by atoms with Gasteiger partial charge in [-0.25, -0.2) is 0 Å². The second-order valence-electron chi connectivity index (χ2n) is 7.20. The fraction of sp³-hybridized carbons (Fsp3) is 0.227. The smallest absolute Gasteiger partial charge is 0.260 e. The number of hydrogen-bond acceptors (Lipinski definition) is 4. The maximum Gasteiger partial charge on any atom is 0.260 e. The minimum absolute atomic E-state index is 0.287. The van der Waals surface area contributed by atoms with Crippen molar-refractivity contribution in [3.63, 3.8) is 0 Å². The van der Waals surface area contributed by atoms with Crippen molar-refractivity contribution in [1.29, 1.82) is 0 Å². The van der Waals surface area contributed by atoms with E-state index in [0.717, 1.165) is 26.4 Å². The molecular weight excluding hydrogens is 402 g/mol. The second kappa shape index (κ2) is 6.89. The third-order valence-electron chi connectivity index (χ3n) is 5.39. The molecule has 0 aliphatic heterocycles. The van der Waals surface area contributed by atoms with Gasteiger partial charge in [-0.05, 0) is 35.9 Å². The molecule has 5 heteroatoms. The molecule has 4 aromatic rings. The number of rotatable bonds is 4. The fourth-order valence-corrected chi connectivity index (χ4v) is 3.61. The molecule has 4 nitrogen and oxygen atoms in total. The zero-order chi connectivity index (χ0) is 19.0. The van der Waals surface area contributed by atoms with Gasteiger partial charge in [0.2, 0.25) is 0 Å². The third kappa shape index (κ3) is 3.06. The van der Waals surface area contributed by atoms with Crippen LogP contribution in [0.4, 0.5) is 0 Å². The van der Waals surface area contributed by atoms with E-state index in [9.17, 15) is 0 Å². The van der Waals surface area contributed by atoms with E-state index in [0.29, 0.717) is 11.7 Å². The summed E-state index contributed by atoms with van der Waals surface area (Å²) < 4.78 is 6.74. The van der Waals surface area contributed by atoms with Crippen LogP contribution in [0.25, 0.3) is 22.2 Å². The lowest BCUT2D eigenvalue weighted by Crippen LogP contribution is -2.31. The number of aromatic nitrogens is 3. The highest BCUT2D eigenvalue weighted by molar-refractivity contribution is 9.10. The van der Waals surface area contributed by atoms with Gasteiger partial charge in [-0.2, -0.15) is 4.98 Å². The highest BCUT2D eigenvalue weighted by Gasteiger charge is 2.37. The average Bonchev–Trinajstić information content (AvgIpc) is 3.17. The number of halogens is 1. The Hall–Kier alpha value is -2.53. The van der Waals surface area contributed by atoms with E-state index in [1.807, 2.05) is 42.6 Å². The van der Waals surface area contributed by atoms with Crippen LogP contribution in [0.15, 0.2) is 69.9 Å². The van der Waals surface area contributed by atoms with Crippen LogP contribution in [0.3, 0.4) is 0 Å². The van der Waals surface area contributed by atoms with E-state index >= 15 is 0 Å². The van der Waals surface area contributed by atoms with E-state index in [2.05, 4.69) is 59.0 Å². The molecular formula is C22H20BrN3O. The third-order valence-corrected chi connectivity index (χ3v) is 5.92. The van der Waals surface area contributed by atoms with E-state index in [-0.39, 0.29) is 11.3 Å². The Labute approximate surface area is 166 Å². The number of hydrogen-bond donors (Lipinski definition) is 0. The summed E-state index contributed by atoms with van der Waals surface area (Å²) in [5.41, 5.74) is 1.65. The summed E-state index contributed by atoms with van der Waals surface area (Å²) in [6, 6.07) is 16.4. The Balaban J connectivity index is 1.83. The number of pyridine rings is 1. The van der Waals surface area contributed by atoms with Crippen LogP contribution in [-0.4, -0.2) is 15.1 Å². The molecule has 0 aliphatic carbocycles. The summed E-state index contributed by atoms with van der Waals surface area (Å²) in [4.78, 5) is 9.12. The largest absolute Gasteiger partial charge is 0.334 e. The van der Waals surface area contributed by atoms with Crippen LogP contribution >= 0.6 is 15.9 Å². The Morgan fingerprint density at radius 3 is 2.48 bits per heavy atom. The number of benzene rings is 2. The van der Waals surface area contributed by atoms with Gasteiger partial charge < -0.3 is 4.52 Å². The molecule has 0 N–H and O–H groups in total. The fourth-order valence-electron chi connectivity index (χ4n) is 3.35. The number of nitrogens with zero attached hydrogens (tertiary/aromatic N) is 3. The standard InChI is InChI=1S/C22H20BrN3O/c1-14(2)22(3,16-8-10-17(23)11-9-16)21-25-20(27-26-21)19-13-24-12-15-6-4-5-7-18(15)19/h4-14H,1-3H3. The molecule has 0 radical (unpaired) electrons. The quantitative estimate of drug-likeness (QED) is 0.404. The minimum atomic E-state index is -0.361. The molecule has 0 spiro atoms. The highest BCUT2D eigenvalue weighted by Crippen LogP contribution is 2.39. The summed E-state index contributed by atoms with van der Waals surface area (Å²) in [5.74, 6) is 1.47. The maximum absolute atomic E-state index is 5.69. The first-order valence-corrected chi connectivity index (χ1v) is 9.73. The molecule has 0 aliphatic rings. The molecule has 1 unspecified atom stereocenters. The highest BCUT2D eigenvalue weighted by atomic mass is 79.9. The van der Waals surface area contributed by atoms with E-state index in [4.69, 9.17) is 9.51 Å². The van der Waals surface area contributed by atoms with Gasteiger partial charge >= 0.3 is 0 Å². The van der Waals surface area contributed by atoms with Crippen LogP contribution in [0.5, 0.6) is 0 Å². The minimum Gasteiger partial charge on any atom is -0.334 e. The number of fused-ring (bicyclic) bond motifs is 1. The van der Waals surface area contributed by atoms with Gasteiger partial charge in [-0.3, -0.25) is 4.98 Å². The predicted octanol–water partition coefficient (Wildman–Crippen LogP) is 6.01. The average molecular weight is 422 g/mol. The van der Waals surface area contributed by atoms with Crippen molar-refractivity contribution in [2.75, 3.05) is 0 Å². The Morgan fingerprint density at radius 1 is 1.00 bits per heavy atom. The zero-order valence-corrected chi connectivity index (χ0v) is 17.1. The SMILES string of the molecule is CC(C)C(C)(c1ccc(Br)cc1)c1noc(-c2cncc3ccccc23)n1. The van der Waals surface area contributed by atoms with Crippen molar-refractivity contribution in [3.05, 3.63) is 76.8 Å². The summed E-state index contributed by atoms with van der Waals surface area (Å²) in [6.45, 7) is 6.52. The molecule has 1 atom stereocenters. The van der Waals surface area contributed by atoms with Crippen molar-refractivity contribution in [3.8, 4) is 11.5 Å². The second-order valence-corrected chi connectivity index (χ2v) is 8.11. The molecule has 136 valence electrons. The van der Waals surface area contributed by atoms with E-state index in [1.54, 1.807) is 6.20 Å². The lowest BCUT2D eigenvalue weighted by atomic mass is 9.73. The Bertz CT molecular complexity index is 1080. The topological polar surface area (TPSA) is 51.8 Å². The lowest BCUT2D eigenvalue weighted by molar-refractivity contribution is 0.351. The van der Waals surface area contributed by atoms with Crippen molar-refractivity contribution >= 4 is 26.7 Å². The van der Waals surface area contributed by atoms with Crippen molar-refractivity contribution < 1.29 is 4.52 Å². The van der Waals surface area contributed by atoms with Gasteiger partial charge in [0.1, 0.15) is 0 Å². The molecule has 4 rings (SSSR count). The van der Waals surface area contributed by atoms with Crippen LogP contribution in [-0.2, 0) is 5.41 Å². The van der Waals surface area contributed by atoms with Crippen LogP contribution < -0.4 is 0 Å². The predicted molar refractivity (Wildman–Crippen MR) is 110 cm³/mol. The molecule has 0 amide bonds. The Morgan fingerprint density at radius 2 is 1.74 bits per heavy atom.